The fourth-order valence-electron chi connectivity index (χ4n) is 2.03. The number of hydrogen-bond donors (Lipinski definition) is 2. The number of alkyl halides is 3. The quantitative estimate of drug-likeness (QED) is 0.775. The number of carbonyl (C=O) groups excluding carboxylic acids is 2. The number of amides is 1. The van der Waals surface area contributed by atoms with Gasteiger partial charge >= 0.3 is 12.1 Å². The van der Waals surface area contributed by atoms with Crippen LogP contribution in [-0.4, -0.2) is 30.1 Å². The van der Waals surface area contributed by atoms with Gasteiger partial charge in [-0.25, -0.2) is 4.79 Å². The van der Waals surface area contributed by atoms with E-state index in [1.54, 1.807) is 6.92 Å². The molecule has 1 amide bonds. The van der Waals surface area contributed by atoms with Gasteiger partial charge in [-0.3, -0.25) is 4.79 Å². The van der Waals surface area contributed by atoms with Gasteiger partial charge < -0.3 is 15.2 Å². The van der Waals surface area contributed by atoms with E-state index in [2.05, 4.69) is 10.1 Å². The Morgan fingerprint density at radius 1 is 1.25 bits per heavy atom. The van der Waals surface area contributed by atoms with Crippen molar-refractivity contribution in [3.8, 4) is 0 Å². The number of nitrogens with one attached hydrogen (secondary N) is 1. The highest BCUT2D eigenvalue weighted by atomic mass is 19.4. The minimum absolute atomic E-state index is 0.00623. The van der Waals surface area contributed by atoms with Crippen LogP contribution in [0.25, 0.3) is 0 Å². The van der Waals surface area contributed by atoms with Gasteiger partial charge in [0.05, 0.1) is 12.7 Å². The first-order valence-electron chi connectivity index (χ1n) is 7.35. The van der Waals surface area contributed by atoms with Crippen LogP contribution in [0.5, 0.6) is 0 Å². The van der Waals surface area contributed by atoms with Gasteiger partial charge in [-0.2, -0.15) is 13.2 Å². The zero-order chi connectivity index (χ0) is 18.5. The fourth-order valence-corrected chi connectivity index (χ4v) is 2.03. The molecule has 0 fully saturated rings. The fraction of sp³-hybridized carbons (Fsp3) is 0.500. The Hall–Kier alpha value is -2.09. The molecule has 0 saturated carbocycles. The van der Waals surface area contributed by atoms with Crippen LogP contribution in [0, 0.1) is 5.92 Å². The number of aliphatic hydroxyl groups excluding tert-OH is 1. The molecular weight excluding hydrogens is 327 g/mol. The highest BCUT2D eigenvalue weighted by molar-refractivity contribution is 5.87. The summed E-state index contributed by atoms with van der Waals surface area (Å²) in [5.41, 5.74) is -0.890. The number of esters is 1. The Morgan fingerprint density at radius 3 is 2.21 bits per heavy atom. The van der Waals surface area contributed by atoms with Crippen LogP contribution in [0.4, 0.5) is 13.2 Å². The van der Waals surface area contributed by atoms with Gasteiger partial charge in [0.15, 0.2) is 6.10 Å². The molecule has 0 aromatic heterocycles. The third kappa shape index (κ3) is 4.95. The summed E-state index contributed by atoms with van der Waals surface area (Å²) in [7, 11) is 1.18. The maximum atomic E-state index is 12.5. The number of carbonyl (C=O) groups is 2. The van der Waals surface area contributed by atoms with E-state index in [9.17, 15) is 27.9 Å². The second-order valence-electron chi connectivity index (χ2n) is 5.42. The lowest BCUT2D eigenvalue weighted by molar-refractivity contribution is -0.148. The molecule has 24 heavy (non-hydrogen) atoms. The van der Waals surface area contributed by atoms with Gasteiger partial charge in [0, 0.05) is 0 Å². The van der Waals surface area contributed by atoms with E-state index in [4.69, 9.17) is 0 Å². The van der Waals surface area contributed by atoms with Crippen molar-refractivity contribution in [2.75, 3.05) is 7.11 Å². The molecule has 1 rings (SSSR count). The molecule has 5 nitrogen and oxygen atoms in total. The van der Waals surface area contributed by atoms with E-state index in [1.165, 1.54) is 7.11 Å². The second-order valence-corrected chi connectivity index (χ2v) is 5.42. The summed E-state index contributed by atoms with van der Waals surface area (Å²) in [6.45, 7) is 3.55. The number of ether oxygens (including phenoxy) is 1. The van der Waals surface area contributed by atoms with Gasteiger partial charge in [-0.15, -0.1) is 0 Å². The lowest BCUT2D eigenvalue weighted by atomic mass is 9.98. The zero-order valence-corrected chi connectivity index (χ0v) is 13.6. The molecule has 134 valence electrons. The average Bonchev–Trinajstić information content (AvgIpc) is 2.56. The highest BCUT2D eigenvalue weighted by Gasteiger charge is 2.32. The normalized spacial score (nSPS) is 15.3. The first-order chi connectivity index (χ1) is 11.1. The topological polar surface area (TPSA) is 75.6 Å². The first-order valence-corrected chi connectivity index (χ1v) is 7.35. The summed E-state index contributed by atoms with van der Waals surface area (Å²) < 4.78 is 42.2. The van der Waals surface area contributed by atoms with Crippen LogP contribution in [0.2, 0.25) is 0 Å². The molecule has 0 saturated heterocycles. The molecule has 0 unspecified atom stereocenters. The molecule has 3 atom stereocenters. The average molecular weight is 347 g/mol. The van der Waals surface area contributed by atoms with E-state index in [0.29, 0.717) is 6.42 Å². The van der Waals surface area contributed by atoms with Crippen LogP contribution < -0.4 is 5.32 Å². The van der Waals surface area contributed by atoms with Gasteiger partial charge in [0.25, 0.3) is 5.91 Å². The van der Waals surface area contributed by atoms with Crippen molar-refractivity contribution < 1.29 is 32.6 Å². The van der Waals surface area contributed by atoms with Crippen molar-refractivity contribution in [1.29, 1.82) is 0 Å². The maximum Gasteiger partial charge on any atom is 0.416 e. The van der Waals surface area contributed by atoms with E-state index < -0.39 is 35.8 Å². The highest BCUT2D eigenvalue weighted by Crippen LogP contribution is 2.30. The van der Waals surface area contributed by atoms with Crippen LogP contribution in [0.15, 0.2) is 24.3 Å². The van der Waals surface area contributed by atoms with Gasteiger partial charge in [-0.05, 0) is 23.6 Å². The summed E-state index contributed by atoms with van der Waals surface area (Å²) in [6, 6.07) is 2.64. The second kappa shape index (κ2) is 8.14. The number of methoxy groups -OCH3 is 1. The molecule has 0 aliphatic heterocycles. The Morgan fingerprint density at radius 2 is 1.79 bits per heavy atom. The van der Waals surface area contributed by atoms with Gasteiger partial charge in [0.2, 0.25) is 0 Å². The number of halogens is 3. The molecule has 0 radical (unpaired) electrons. The van der Waals surface area contributed by atoms with Crippen molar-refractivity contribution in [3.63, 3.8) is 0 Å². The van der Waals surface area contributed by atoms with Crippen molar-refractivity contribution in [2.24, 2.45) is 5.92 Å². The predicted octanol–water partition coefficient (Wildman–Crippen LogP) is 2.44. The first kappa shape index (κ1) is 20.0. The number of benzene rings is 1. The largest absolute Gasteiger partial charge is 0.467 e. The molecule has 1 aromatic carbocycles. The van der Waals surface area contributed by atoms with Gasteiger partial charge in [0.1, 0.15) is 6.04 Å². The SMILES string of the molecule is CC[C@@H](C)[C@@H](NC(=O)[C@H](O)c1ccc(C(F)(F)F)cc1)C(=O)OC. The lowest BCUT2D eigenvalue weighted by Crippen LogP contribution is -2.47. The van der Waals surface area contributed by atoms with E-state index in [0.717, 1.165) is 24.3 Å². The lowest BCUT2D eigenvalue weighted by Gasteiger charge is -2.23. The van der Waals surface area contributed by atoms with Gasteiger partial charge in [-0.1, -0.05) is 32.4 Å². The Bertz CT molecular complexity index is 572. The monoisotopic (exact) mass is 347 g/mol. The Kier molecular flexibility index (Phi) is 6.77. The third-order valence-corrected chi connectivity index (χ3v) is 3.77. The van der Waals surface area contributed by atoms with Crippen molar-refractivity contribution in [1.82, 2.24) is 5.32 Å². The van der Waals surface area contributed by atoms with E-state index in [-0.39, 0.29) is 11.5 Å². The van der Waals surface area contributed by atoms with E-state index >= 15 is 0 Å². The molecule has 8 heteroatoms. The summed E-state index contributed by atoms with van der Waals surface area (Å²) in [4.78, 5) is 23.8. The maximum absolute atomic E-state index is 12.5. The molecular formula is C16H20F3NO4. The third-order valence-electron chi connectivity index (χ3n) is 3.77. The summed E-state index contributed by atoms with van der Waals surface area (Å²) in [6.07, 6.45) is -5.61. The molecule has 0 aliphatic rings. The number of aliphatic hydroxyl groups is 1. The predicted molar refractivity (Wildman–Crippen MR) is 79.8 cm³/mol. The number of rotatable bonds is 6. The van der Waals surface area contributed by atoms with Crippen molar-refractivity contribution >= 4 is 11.9 Å². The summed E-state index contributed by atoms with van der Waals surface area (Å²) in [5.74, 6) is -1.77. The Balaban J connectivity index is 2.88. The zero-order valence-electron chi connectivity index (χ0n) is 13.6. The molecule has 1 aromatic rings. The molecule has 0 aliphatic carbocycles. The van der Waals surface area contributed by atoms with E-state index in [1.807, 2.05) is 6.92 Å². The summed E-state index contributed by atoms with van der Waals surface area (Å²) >= 11 is 0. The van der Waals surface area contributed by atoms with Crippen molar-refractivity contribution in [3.05, 3.63) is 35.4 Å². The van der Waals surface area contributed by atoms with Crippen LogP contribution in [0.1, 0.15) is 37.5 Å². The van der Waals surface area contributed by atoms with Crippen molar-refractivity contribution in [2.45, 2.75) is 38.6 Å². The van der Waals surface area contributed by atoms with Crippen LogP contribution in [-0.2, 0) is 20.5 Å². The Labute approximate surface area is 137 Å². The number of hydrogen-bond acceptors (Lipinski definition) is 4. The smallest absolute Gasteiger partial charge is 0.416 e. The standard InChI is InChI=1S/C16H20F3NO4/c1-4-9(2)12(15(23)24-3)20-14(22)13(21)10-5-7-11(8-6-10)16(17,18)19/h5-9,12-13,21H,4H2,1-3H3,(H,20,22)/t9-,12-,13-/m1/s1. The molecule has 0 heterocycles. The van der Waals surface area contributed by atoms with Crippen LogP contribution in [0.3, 0.4) is 0 Å². The minimum atomic E-state index is -4.50. The summed E-state index contributed by atoms with van der Waals surface area (Å²) in [5, 5.41) is 12.4. The molecule has 0 spiro atoms. The molecule has 2 N–H and O–H groups in total. The minimum Gasteiger partial charge on any atom is -0.467 e. The molecule has 0 bridgehead atoms. The van der Waals surface area contributed by atoms with Crippen LogP contribution >= 0.6 is 0 Å².